The Bertz CT molecular complexity index is 3800. The van der Waals surface area contributed by atoms with E-state index in [-0.39, 0.29) is 120 Å². The first-order chi connectivity index (χ1) is 46.4. The number of benzene rings is 4. The zero-order chi connectivity index (χ0) is 70.8. The van der Waals surface area contributed by atoms with Gasteiger partial charge in [-0.15, -0.1) is 0 Å². The Balaban J connectivity index is 0.000000250. The molecular formula is C68H77F6N13O11. The Morgan fingerprint density at radius 3 is 1.36 bits per heavy atom. The summed E-state index contributed by atoms with van der Waals surface area (Å²) in [4.78, 5) is 105. The number of anilines is 2. The Labute approximate surface area is 561 Å². The molecule has 0 saturated heterocycles. The normalized spacial score (nSPS) is 16.5. The lowest BCUT2D eigenvalue weighted by atomic mass is 9.92. The van der Waals surface area contributed by atoms with Crippen LogP contribution in [0.3, 0.4) is 0 Å². The molecule has 4 aromatic carbocycles. The second-order valence-corrected chi connectivity index (χ2v) is 25.2. The zero-order valence-corrected chi connectivity index (χ0v) is 54.8. The summed E-state index contributed by atoms with van der Waals surface area (Å²) in [5, 5.41) is 14.5. The Hall–Kier alpha value is -10.4. The van der Waals surface area contributed by atoms with Crippen LogP contribution in [-0.2, 0) is 49.8 Å². The number of nitrogens with one attached hydrogen (secondary N) is 5. The van der Waals surface area contributed by atoms with Crippen LogP contribution in [0.15, 0.2) is 121 Å². The summed E-state index contributed by atoms with van der Waals surface area (Å²) in [5.41, 5.74) is 3.46. The Kier molecular flexibility index (Phi) is 24.7. The van der Waals surface area contributed by atoms with Crippen LogP contribution in [-0.4, -0.2) is 166 Å². The van der Waals surface area contributed by atoms with Gasteiger partial charge in [0.05, 0.1) is 6.61 Å². The fraction of sp³-hybridized carbons (Fsp3) is 0.412. The number of hydrogen-bond donors (Lipinski definition) is 5. The number of amides is 5. The average molecular weight is 1370 g/mol. The summed E-state index contributed by atoms with van der Waals surface area (Å²) in [6.07, 6.45) is -6.85. The predicted molar refractivity (Wildman–Crippen MR) is 346 cm³/mol. The van der Waals surface area contributed by atoms with Gasteiger partial charge in [-0.2, -0.15) is 56.2 Å². The van der Waals surface area contributed by atoms with Crippen molar-refractivity contribution in [3.63, 3.8) is 0 Å². The molecule has 1 fully saturated rings. The highest BCUT2D eigenvalue weighted by Crippen LogP contribution is 2.28. The van der Waals surface area contributed by atoms with Crippen LogP contribution in [0.1, 0.15) is 102 Å². The van der Waals surface area contributed by atoms with Crippen molar-refractivity contribution in [3.05, 3.63) is 166 Å². The number of esters is 1. The van der Waals surface area contributed by atoms with E-state index in [0.717, 1.165) is 24.0 Å². The maximum atomic E-state index is 13.3. The summed E-state index contributed by atoms with van der Waals surface area (Å²) >= 11 is 0. The van der Waals surface area contributed by atoms with E-state index in [1.165, 1.54) is 9.80 Å². The van der Waals surface area contributed by atoms with Crippen LogP contribution in [0.5, 0.6) is 23.5 Å². The van der Waals surface area contributed by atoms with E-state index >= 15 is 0 Å². The van der Waals surface area contributed by atoms with E-state index in [1.807, 2.05) is 27.7 Å². The quantitative estimate of drug-likeness (QED) is 0.0435. The standard InChI is InChI=1S/C35H40F3N7O5.C33H37F3N6O6/c1-22-17-45(31(48)30(47)39-15-24-4-5-24)20-34(2,3)19-41-29(46)26-10-6-23(7-11-26)14-28-42-32(44-33(43-28)50-21-35(36,37)38)40-16-25-8-12-27(13-9-25)49-18-22;1-5-46-29(45)28(44)42-16-21(2)17-47-25-12-8-23(9-13-25)15-37-30-39-26(40-31(41-30)48-20-33(34,35)36)14-22-6-10-24(11-7-22)27(43)38-18-32(3,4)19-42/h6-13,24H,1,4-5,14-21H2,2-3H3,(H,39,47)(H,41,46)(H,40,42,43,44);6-13H,2,5,14-20H2,1,3-4H3,(H,38,43)(H,37,39,40,41). The molecule has 522 valence electrons. The fourth-order valence-corrected chi connectivity index (χ4v) is 9.71. The van der Waals surface area contributed by atoms with Gasteiger partial charge in [-0.3, -0.25) is 24.0 Å². The molecule has 30 heteroatoms. The number of ether oxygens (including phenoxy) is 5. The van der Waals surface area contributed by atoms with Crippen LogP contribution < -0.4 is 45.5 Å². The maximum absolute atomic E-state index is 13.3. The molecule has 12 bridgehead atoms. The lowest BCUT2D eigenvalue weighted by molar-refractivity contribution is -0.160. The minimum absolute atomic E-state index is 0.0150. The molecule has 1 aliphatic carbocycles. The molecule has 0 unspecified atom stereocenters. The second kappa shape index (κ2) is 33.0. The van der Waals surface area contributed by atoms with Crippen LogP contribution >= 0.6 is 0 Å². The van der Waals surface area contributed by atoms with E-state index in [0.29, 0.717) is 57.4 Å². The molecule has 2 aromatic heterocycles. The van der Waals surface area contributed by atoms with Crippen LogP contribution in [0.25, 0.3) is 0 Å². The number of carbonyl (C=O) groups is 6. The number of rotatable bonds is 7. The molecule has 98 heavy (non-hydrogen) atoms. The van der Waals surface area contributed by atoms with Crippen molar-refractivity contribution >= 4 is 47.4 Å². The number of nitrogens with zero attached hydrogens (tertiary/aromatic N) is 8. The van der Waals surface area contributed by atoms with Crippen LogP contribution in [0.2, 0.25) is 0 Å². The number of hydrogen-bond acceptors (Lipinski definition) is 19. The molecule has 6 aromatic rings. The van der Waals surface area contributed by atoms with Gasteiger partial charge in [-0.05, 0) is 118 Å². The van der Waals surface area contributed by atoms with E-state index in [9.17, 15) is 55.1 Å². The summed E-state index contributed by atoms with van der Waals surface area (Å²) in [7, 11) is 0. The van der Waals surface area contributed by atoms with E-state index in [1.54, 1.807) is 104 Å². The smallest absolute Gasteiger partial charge is 0.422 e. The van der Waals surface area contributed by atoms with Gasteiger partial charge in [0.25, 0.3) is 11.8 Å². The largest absolute Gasteiger partial charge is 0.489 e. The lowest BCUT2D eigenvalue weighted by Gasteiger charge is -2.33. The fourth-order valence-electron chi connectivity index (χ4n) is 9.71. The minimum atomic E-state index is -4.58. The van der Waals surface area contributed by atoms with Crippen molar-refractivity contribution in [2.45, 2.75) is 85.7 Å². The van der Waals surface area contributed by atoms with Gasteiger partial charge in [0, 0.05) is 82.9 Å². The molecule has 0 atom stereocenters. The van der Waals surface area contributed by atoms with Crippen molar-refractivity contribution in [1.29, 1.82) is 0 Å². The minimum Gasteiger partial charge on any atom is -0.489 e. The molecule has 0 spiro atoms. The molecule has 5 amide bonds. The van der Waals surface area contributed by atoms with Crippen molar-refractivity contribution in [3.8, 4) is 23.5 Å². The molecule has 9 aliphatic rings. The molecule has 0 radical (unpaired) electrons. The average Bonchev–Trinajstić information content (AvgIpc) is 0.881. The molecule has 8 aliphatic heterocycles. The highest BCUT2D eigenvalue weighted by molar-refractivity contribution is 6.35. The van der Waals surface area contributed by atoms with Crippen molar-refractivity contribution in [2.24, 2.45) is 16.7 Å². The first kappa shape index (κ1) is 73.4. The first-order valence-electron chi connectivity index (χ1n) is 31.3. The molecule has 1 saturated carbocycles. The number of carbonyl (C=O) groups excluding carboxylic acids is 6. The Morgan fingerprint density at radius 2 is 0.969 bits per heavy atom. The van der Waals surface area contributed by atoms with E-state index in [4.69, 9.17) is 23.7 Å². The predicted octanol–water partition coefficient (Wildman–Crippen LogP) is 8.19. The zero-order valence-electron chi connectivity index (χ0n) is 54.8. The van der Waals surface area contributed by atoms with Gasteiger partial charge in [0.15, 0.2) is 13.2 Å². The van der Waals surface area contributed by atoms with Crippen molar-refractivity contribution in [1.82, 2.24) is 55.7 Å². The summed E-state index contributed by atoms with van der Waals surface area (Å²) in [5.74, 6) is -2.08. The number of halogens is 6. The molecular weight excluding hydrogens is 1290 g/mol. The first-order valence-corrected chi connectivity index (χ1v) is 31.3. The van der Waals surface area contributed by atoms with Crippen molar-refractivity contribution in [2.75, 3.05) is 89.5 Å². The second-order valence-electron chi connectivity index (χ2n) is 25.2. The molecule has 5 N–H and O–H groups in total. The van der Waals surface area contributed by atoms with E-state index < -0.39 is 72.1 Å². The topological polar surface area (TPSA) is 293 Å². The van der Waals surface area contributed by atoms with Gasteiger partial charge in [0.2, 0.25) is 11.9 Å². The highest BCUT2D eigenvalue weighted by Gasteiger charge is 2.34. The lowest BCUT2D eigenvalue weighted by Crippen LogP contribution is -2.50. The molecule has 10 heterocycles. The Morgan fingerprint density at radius 1 is 0.571 bits per heavy atom. The highest BCUT2D eigenvalue weighted by atomic mass is 19.4. The number of aromatic nitrogens is 6. The van der Waals surface area contributed by atoms with Crippen LogP contribution in [0, 0.1) is 16.7 Å². The molecule has 15 rings (SSSR count). The van der Waals surface area contributed by atoms with Gasteiger partial charge in [0.1, 0.15) is 36.4 Å². The van der Waals surface area contributed by atoms with E-state index in [2.05, 4.69) is 69.6 Å². The third kappa shape index (κ3) is 24.3. The monoisotopic (exact) mass is 1370 g/mol. The van der Waals surface area contributed by atoms with Gasteiger partial charge in [-0.25, -0.2) is 4.79 Å². The third-order valence-corrected chi connectivity index (χ3v) is 14.8. The number of alkyl halides is 6. The van der Waals surface area contributed by atoms with Gasteiger partial charge >= 0.3 is 48.1 Å². The third-order valence-electron chi connectivity index (χ3n) is 14.8. The molecule has 24 nitrogen and oxygen atoms in total. The van der Waals surface area contributed by atoms with Gasteiger partial charge < -0.3 is 60.1 Å². The van der Waals surface area contributed by atoms with Gasteiger partial charge in [-0.1, -0.05) is 89.4 Å². The summed E-state index contributed by atoms with van der Waals surface area (Å²) in [6, 6.07) is 26.3. The summed E-state index contributed by atoms with van der Waals surface area (Å²) < 4.78 is 104. The SMILES string of the molecule is C=C1COc2ccc(cc2)CNc2nc(nc(OCC(F)(F)F)n2)Cc2ccc(cc2)C(=O)NCC(C)(C)CN(C(=O)C(=O)NCC2CC2)C1.C=C1COc2ccc(cc2)CNc2nc(nc(OCC(F)(F)F)n2)Cc2ccc(cc2)C(=O)NCC(C)(C)CN(C(=O)C(=O)OCC)C1. The maximum Gasteiger partial charge on any atom is 0.422 e. The summed E-state index contributed by atoms with van der Waals surface area (Å²) in [6.45, 7) is 15.8. The van der Waals surface area contributed by atoms with Crippen molar-refractivity contribution < 1.29 is 78.8 Å². The van der Waals surface area contributed by atoms with Crippen LogP contribution in [0.4, 0.5) is 38.2 Å².